The highest BCUT2D eigenvalue weighted by Gasteiger charge is 2.31. The predicted octanol–water partition coefficient (Wildman–Crippen LogP) is 2.42. The number of amides is 1. The van der Waals surface area contributed by atoms with Crippen LogP contribution < -0.4 is 11.5 Å². The second-order valence-electron chi connectivity index (χ2n) is 6.13. The van der Waals surface area contributed by atoms with E-state index in [1.165, 1.54) is 10.4 Å². The zero-order valence-corrected chi connectivity index (χ0v) is 13.9. The number of aryl methyl sites for hydroxylation is 1. The Morgan fingerprint density at radius 2 is 2.14 bits per heavy atom. The van der Waals surface area contributed by atoms with Crippen LogP contribution in [-0.2, 0) is 4.79 Å². The Hall–Kier alpha value is -0.910. The first-order valence-corrected chi connectivity index (χ1v) is 8.72. The van der Waals surface area contributed by atoms with Crippen LogP contribution >= 0.6 is 11.3 Å². The molecule has 1 amide bonds. The van der Waals surface area contributed by atoms with Crippen LogP contribution in [0.3, 0.4) is 0 Å². The number of rotatable bonds is 6. The Balaban J connectivity index is 2.06. The molecule has 1 aromatic heterocycles. The van der Waals surface area contributed by atoms with Gasteiger partial charge in [-0.1, -0.05) is 6.92 Å². The Morgan fingerprint density at radius 1 is 1.48 bits per heavy atom. The molecule has 2 atom stereocenters. The lowest BCUT2D eigenvalue weighted by molar-refractivity contribution is -0.119. The second kappa shape index (κ2) is 7.38. The number of nitrogens with two attached hydrogens (primary N) is 2. The summed E-state index contributed by atoms with van der Waals surface area (Å²) >= 11 is 1.81. The van der Waals surface area contributed by atoms with Crippen LogP contribution in [-0.4, -0.2) is 29.9 Å². The lowest BCUT2D eigenvalue weighted by Gasteiger charge is -2.39. The largest absolute Gasteiger partial charge is 0.370 e. The number of nitrogens with zero attached hydrogens (tertiary/aromatic N) is 1. The van der Waals surface area contributed by atoms with Crippen LogP contribution in [0, 0.1) is 12.8 Å². The highest BCUT2D eigenvalue weighted by atomic mass is 32.1. The van der Waals surface area contributed by atoms with Crippen molar-refractivity contribution in [3.05, 3.63) is 21.9 Å². The predicted molar refractivity (Wildman–Crippen MR) is 88.2 cm³/mol. The van der Waals surface area contributed by atoms with Crippen molar-refractivity contribution in [2.45, 2.75) is 51.6 Å². The number of primary amides is 1. The normalized spacial score (nSPS) is 20.3. The molecule has 0 spiro atoms. The molecule has 1 aliphatic rings. The monoisotopic (exact) mass is 309 g/mol. The molecule has 0 saturated carbocycles. The van der Waals surface area contributed by atoms with Gasteiger partial charge in [0.15, 0.2) is 0 Å². The van der Waals surface area contributed by atoms with Crippen LogP contribution in [0.4, 0.5) is 0 Å². The van der Waals surface area contributed by atoms with Gasteiger partial charge in [0.05, 0.1) is 6.04 Å². The quantitative estimate of drug-likeness (QED) is 0.847. The fourth-order valence-corrected chi connectivity index (χ4v) is 4.40. The minimum absolute atomic E-state index is 0.162. The van der Waals surface area contributed by atoms with Crippen LogP contribution in [0.25, 0.3) is 0 Å². The first-order valence-electron chi connectivity index (χ1n) is 7.84. The fraction of sp³-hybridized carbons (Fsp3) is 0.688. The maximum absolute atomic E-state index is 11.1. The van der Waals surface area contributed by atoms with Crippen molar-refractivity contribution in [3.63, 3.8) is 0 Å². The van der Waals surface area contributed by atoms with Crippen molar-refractivity contribution >= 4 is 17.2 Å². The molecule has 21 heavy (non-hydrogen) atoms. The van der Waals surface area contributed by atoms with E-state index in [0.29, 0.717) is 18.4 Å². The van der Waals surface area contributed by atoms with Gasteiger partial charge in [-0.25, -0.2) is 0 Å². The molecule has 2 rings (SSSR count). The minimum Gasteiger partial charge on any atom is -0.370 e. The zero-order chi connectivity index (χ0) is 15.4. The molecule has 118 valence electrons. The molecule has 4 nitrogen and oxygen atoms in total. The summed E-state index contributed by atoms with van der Waals surface area (Å²) in [5, 5.41) is 2.15. The molecular formula is C16H27N3OS. The summed E-state index contributed by atoms with van der Waals surface area (Å²) in [6.07, 6.45) is 3.58. The fourth-order valence-electron chi connectivity index (χ4n) is 3.26. The molecule has 2 heterocycles. The van der Waals surface area contributed by atoms with E-state index in [1.54, 1.807) is 0 Å². The van der Waals surface area contributed by atoms with Crippen LogP contribution in [0.15, 0.2) is 11.4 Å². The number of thiophene rings is 1. The van der Waals surface area contributed by atoms with Crippen LogP contribution in [0.1, 0.15) is 49.1 Å². The molecule has 0 radical (unpaired) electrons. The molecule has 5 heteroatoms. The maximum Gasteiger partial charge on any atom is 0.217 e. The topological polar surface area (TPSA) is 72.3 Å². The first kappa shape index (κ1) is 16.5. The van der Waals surface area contributed by atoms with Gasteiger partial charge in [0.25, 0.3) is 0 Å². The van der Waals surface area contributed by atoms with Gasteiger partial charge in [-0.05, 0) is 62.2 Å². The molecule has 1 fully saturated rings. The maximum atomic E-state index is 11.1. The Bertz CT molecular complexity index is 466. The average molecular weight is 309 g/mol. The zero-order valence-electron chi connectivity index (χ0n) is 13.0. The van der Waals surface area contributed by atoms with E-state index in [-0.39, 0.29) is 11.9 Å². The number of carbonyl (C=O) groups excluding carboxylic acids is 1. The molecule has 2 unspecified atom stereocenters. The minimum atomic E-state index is -0.177. The lowest BCUT2D eigenvalue weighted by atomic mass is 9.90. The van der Waals surface area contributed by atoms with Crippen LogP contribution in [0.5, 0.6) is 0 Å². The number of piperidine rings is 1. The molecule has 1 aromatic rings. The first-order chi connectivity index (χ1) is 10.0. The summed E-state index contributed by atoms with van der Waals surface area (Å²) in [7, 11) is 0. The van der Waals surface area contributed by atoms with Crippen LogP contribution in [0.2, 0.25) is 0 Å². The summed E-state index contributed by atoms with van der Waals surface area (Å²) in [6, 6.07) is 2.65. The van der Waals surface area contributed by atoms with Crippen molar-refractivity contribution in [1.29, 1.82) is 0 Å². The Labute approximate surface area is 131 Å². The number of hydrogen-bond donors (Lipinski definition) is 2. The third kappa shape index (κ3) is 4.05. The molecule has 1 saturated heterocycles. The van der Waals surface area contributed by atoms with Crippen molar-refractivity contribution in [1.82, 2.24) is 4.90 Å². The van der Waals surface area contributed by atoms with E-state index >= 15 is 0 Å². The van der Waals surface area contributed by atoms with E-state index in [2.05, 4.69) is 30.2 Å². The van der Waals surface area contributed by atoms with Crippen molar-refractivity contribution in [3.8, 4) is 0 Å². The summed E-state index contributed by atoms with van der Waals surface area (Å²) in [6.45, 7) is 6.34. The van der Waals surface area contributed by atoms with Gasteiger partial charge >= 0.3 is 0 Å². The third-order valence-electron chi connectivity index (χ3n) is 4.58. The smallest absolute Gasteiger partial charge is 0.217 e. The Morgan fingerprint density at radius 3 is 2.62 bits per heavy atom. The van der Waals surface area contributed by atoms with Crippen molar-refractivity contribution in [2.75, 3.05) is 13.1 Å². The van der Waals surface area contributed by atoms with E-state index < -0.39 is 0 Å². The number of likely N-dealkylation sites (tertiary alicyclic amines) is 1. The molecule has 0 aromatic carbocycles. The molecule has 1 aliphatic heterocycles. The van der Waals surface area contributed by atoms with Gasteiger partial charge in [-0.15, -0.1) is 11.3 Å². The Kier molecular flexibility index (Phi) is 5.79. The molecular weight excluding hydrogens is 282 g/mol. The van der Waals surface area contributed by atoms with Gasteiger partial charge in [0, 0.05) is 17.3 Å². The van der Waals surface area contributed by atoms with Gasteiger partial charge in [-0.2, -0.15) is 0 Å². The van der Waals surface area contributed by atoms with Crippen molar-refractivity contribution < 1.29 is 4.79 Å². The highest BCUT2D eigenvalue weighted by Crippen LogP contribution is 2.35. The third-order valence-corrected chi connectivity index (χ3v) is 5.67. The summed E-state index contributed by atoms with van der Waals surface area (Å²) in [5.41, 5.74) is 13.1. The summed E-state index contributed by atoms with van der Waals surface area (Å²) < 4.78 is 0. The summed E-state index contributed by atoms with van der Waals surface area (Å²) in [4.78, 5) is 15.0. The molecule has 0 bridgehead atoms. The van der Waals surface area contributed by atoms with Crippen molar-refractivity contribution in [2.24, 2.45) is 17.4 Å². The van der Waals surface area contributed by atoms with Gasteiger partial charge in [-0.3, -0.25) is 9.69 Å². The van der Waals surface area contributed by atoms with E-state index in [4.69, 9.17) is 11.5 Å². The summed E-state index contributed by atoms with van der Waals surface area (Å²) in [5.74, 6) is 0.269. The SMILES string of the molecule is CCC(N)C(c1sccc1C)N1CCC(CC(N)=O)CC1. The van der Waals surface area contributed by atoms with E-state index in [9.17, 15) is 4.79 Å². The molecule has 0 aliphatic carbocycles. The van der Waals surface area contributed by atoms with E-state index in [1.807, 2.05) is 11.3 Å². The molecule has 4 N–H and O–H groups in total. The van der Waals surface area contributed by atoms with Gasteiger partial charge in [0.2, 0.25) is 5.91 Å². The standard InChI is InChI=1S/C16H27N3OS/c1-3-13(17)15(16-11(2)6-9-21-16)19-7-4-12(5-8-19)10-14(18)20/h6,9,12-13,15H,3-5,7-8,10,17H2,1-2H3,(H2,18,20). The second-order valence-corrected chi connectivity index (χ2v) is 7.08. The highest BCUT2D eigenvalue weighted by molar-refractivity contribution is 7.10. The van der Waals surface area contributed by atoms with E-state index in [0.717, 1.165) is 32.4 Å². The van der Waals surface area contributed by atoms with Gasteiger partial charge < -0.3 is 11.5 Å². The average Bonchev–Trinajstić information content (AvgIpc) is 2.86. The lowest BCUT2D eigenvalue weighted by Crippen LogP contribution is -2.45. The number of hydrogen-bond acceptors (Lipinski definition) is 4. The number of carbonyl (C=O) groups is 1. The van der Waals surface area contributed by atoms with Gasteiger partial charge in [0.1, 0.15) is 0 Å².